The highest BCUT2D eigenvalue weighted by molar-refractivity contribution is 6.01. The van der Waals surface area contributed by atoms with Gasteiger partial charge in [-0.3, -0.25) is 4.79 Å². The van der Waals surface area contributed by atoms with Crippen LogP contribution in [-0.2, 0) is 4.79 Å². The van der Waals surface area contributed by atoms with Crippen molar-refractivity contribution >= 4 is 11.4 Å². The van der Waals surface area contributed by atoms with Gasteiger partial charge in [-0.1, -0.05) is 60.7 Å². The molecular weight excluding hydrogens is 308 g/mol. The van der Waals surface area contributed by atoms with Gasteiger partial charge < -0.3 is 0 Å². The number of ketones is 1. The van der Waals surface area contributed by atoms with Gasteiger partial charge in [0, 0.05) is 24.5 Å². The van der Waals surface area contributed by atoms with Gasteiger partial charge in [0.2, 0.25) is 0 Å². The molecule has 4 rings (SSSR count). The number of nitrogens with zero attached hydrogens (tertiary/aromatic N) is 2. The molecule has 2 aromatic carbocycles. The molecule has 0 spiro atoms. The van der Waals surface area contributed by atoms with Crippen molar-refractivity contribution in [1.82, 2.24) is 9.97 Å². The predicted molar refractivity (Wildman–Crippen MR) is 98.0 cm³/mol. The van der Waals surface area contributed by atoms with Crippen molar-refractivity contribution in [2.45, 2.75) is 18.3 Å². The van der Waals surface area contributed by atoms with Crippen LogP contribution in [0.25, 0.3) is 5.57 Å². The van der Waals surface area contributed by atoms with E-state index in [2.05, 4.69) is 34.2 Å². The van der Waals surface area contributed by atoms with E-state index in [0.29, 0.717) is 6.42 Å². The van der Waals surface area contributed by atoms with Gasteiger partial charge in [-0.25, -0.2) is 9.97 Å². The Labute approximate surface area is 147 Å². The average Bonchev–Trinajstić information content (AvgIpc) is 2.69. The Hall–Kier alpha value is -3.07. The second-order valence-corrected chi connectivity index (χ2v) is 6.27. The molecule has 3 aromatic rings. The number of aromatic nitrogens is 2. The lowest BCUT2D eigenvalue weighted by Gasteiger charge is -2.32. The summed E-state index contributed by atoms with van der Waals surface area (Å²) in [5, 5.41) is 0. The van der Waals surface area contributed by atoms with Crippen LogP contribution >= 0.6 is 0 Å². The fourth-order valence-electron chi connectivity index (χ4n) is 3.63. The number of hydrogen-bond donors (Lipinski definition) is 0. The van der Waals surface area contributed by atoms with Crippen molar-refractivity contribution in [2.75, 3.05) is 0 Å². The second-order valence-electron chi connectivity index (χ2n) is 6.27. The summed E-state index contributed by atoms with van der Waals surface area (Å²) in [6.07, 6.45) is 5.64. The van der Waals surface area contributed by atoms with Gasteiger partial charge in [0.1, 0.15) is 6.33 Å². The number of carbonyl (C=O) groups is 1. The number of allylic oxidation sites excluding steroid dienone is 2. The highest BCUT2D eigenvalue weighted by Gasteiger charge is 2.35. The van der Waals surface area contributed by atoms with Crippen LogP contribution in [0, 0.1) is 0 Å². The number of hydrogen-bond acceptors (Lipinski definition) is 3. The first-order valence-corrected chi connectivity index (χ1v) is 8.43. The molecule has 0 fully saturated rings. The highest BCUT2D eigenvalue weighted by atomic mass is 16.1. The van der Waals surface area contributed by atoms with Gasteiger partial charge in [-0.2, -0.15) is 0 Å². The maximum absolute atomic E-state index is 12.5. The lowest BCUT2D eigenvalue weighted by molar-refractivity contribution is -0.115. The molecule has 1 aliphatic carbocycles. The third kappa shape index (κ3) is 3.13. The quantitative estimate of drug-likeness (QED) is 0.716. The smallest absolute Gasteiger partial charge is 0.156 e. The van der Waals surface area contributed by atoms with Gasteiger partial charge in [0.25, 0.3) is 0 Å². The maximum atomic E-state index is 12.5. The van der Waals surface area contributed by atoms with E-state index < -0.39 is 0 Å². The van der Waals surface area contributed by atoms with Crippen LogP contribution in [0.2, 0.25) is 0 Å². The van der Waals surface area contributed by atoms with Crippen molar-refractivity contribution in [1.29, 1.82) is 0 Å². The van der Waals surface area contributed by atoms with E-state index in [4.69, 9.17) is 0 Å². The average molecular weight is 326 g/mol. The molecule has 0 saturated carbocycles. The molecule has 0 N–H and O–H groups in total. The van der Waals surface area contributed by atoms with Gasteiger partial charge in [0.05, 0.1) is 5.69 Å². The van der Waals surface area contributed by atoms with Crippen LogP contribution in [0.4, 0.5) is 0 Å². The molecule has 122 valence electrons. The summed E-state index contributed by atoms with van der Waals surface area (Å²) in [5.41, 5.74) is 4.22. The Bertz CT molecular complexity index is 889. The van der Waals surface area contributed by atoms with Gasteiger partial charge in [0.15, 0.2) is 5.78 Å². The van der Waals surface area contributed by atoms with Gasteiger partial charge in [-0.15, -0.1) is 0 Å². The summed E-state index contributed by atoms with van der Waals surface area (Å²) in [7, 11) is 0. The minimum atomic E-state index is 0.0329. The first kappa shape index (κ1) is 15.5. The van der Waals surface area contributed by atoms with Crippen molar-refractivity contribution in [3.63, 3.8) is 0 Å². The maximum Gasteiger partial charge on any atom is 0.156 e. The summed E-state index contributed by atoms with van der Waals surface area (Å²) in [4.78, 5) is 21.1. The number of rotatable bonds is 3. The molecule has 0 saturated heterocycles. The molecule has 1 heterocycles. The molecule has 0 radical (unpaired) electrons. The van der Waals surface area contributed by atoms with E-state index in [0.717, 1.165) is 16.8 Å². The van der Waals surface area contributed by atoms with Crippen LogP contribution in [0.15, 0.2) is 85.3 Å². The summed E-state index contributed by atoms with van der Waals surface area (Å²) < 4.78 is 0. The molecule has 1 aliphatic rings. The fraction of sp³-hybridized carbons (Fsp3) is 0.136. The Kier molecular flexibility index (Phi) is 4.21. The van der Waals surface area contributed by atoms with Crippen molar-refractivity contribution in [2.24, 2.45) is 0 Å². The van der Waals surface area contributed by atoms with Gasteiger partial charge >= 0.3 is 0 Å². The SMILES string of the molecule is O=C1C=C(c2ccccc2)C(c2ccncn2)C(c2ccccc2)C1. The molecule has 3 nitrogen and oxygen atoms in total. The molecule has 0 bridgehead atoms. The number of carbonyl (C=O) groups excluding carboxylic acids is 1. The molecule has 0 amide bonds. The minimum Gasteiger partial charge on any atom is -0.295 e. The van der Waals surface area contributed by atoms with Crippen LogP contribution in [0.3, 0.4) is 0 Å². The van der Waals surface area contributed by atoms with Crippen molar-refractivity contribution < 1.29 is 4.79 Å². The number of benzene rings is 2. The molecule has 3 heteroatoms. The monoisotopic (exact) mass is 326 g/mol. The van der Waals surface area contributed by atoms with Crippen molar-refractivity contribution in [3.8, 4) is 0 Å². The van der Waals surface area contributed by atoms with E-state index in [-0.39, 0.29) is 17.6 Å². The lowest BCUT2D eigenvalue weighted by atomic mass is 9.71. The van der Waals surface area contributed by atoms with E-state index in [1.165, 1.54) is 5.56 Å². The van der Waals surface area contributed by atoms with Crippen LogP contribution in [0.5, 0.6) is 0 Å². The van der Waals surface area contributed by atoms with Crippen LogP contribution in [-0.4, -0.2) is 15.8 Å². The standard InChI is InChI=1S/C22H18N2O/c25-18-13-19(16-7-3-1-4-8-16)22(21-11-12-23-15-24-21)20(14-18)17-9-5-2-6-10-17/h1-13,15,20,22H,14H2. The molecular formula is C22H18N2O. The summed E-state index contributed by atoms with van der Waals surface area (Å²) in [6, 6.07) is 22.3. The topological polar surface area (TPSA) is 42.9 Å². The lowest BCUT2D eigenvalue weighted by Crippen LogP contribution is -2.22. The molecule has 2 atom stereocenters. The van der Waals surface area contributed by atoms with E-state index in [1.807, 2.05) is 42.5 Å². The van der Waals surface area contributed by atoms with Gasteiger partial charge in [-0.05, 0) is 28.8 Å². The van der Waals surface area contributed by atoms with E-state index >= 15 is 0 Å². The second kappa shape index (κ2) is 6.81. The first-order valence-electron chi connectivity index (χ1n) is 8.43. The fourth-order valence-corrected chi connectivity index (χ4v) is 3.63. The zero-order valence-corrected chi connectivity index (χ0v) is 13.7. The predicted octanol–water partition coefficient (Wildman–Crippen LogP) is 4.40. The highest BCUT2D eigenvalue weighted by Crippen LogP contribution is 2.46. The van der Waals surface area contributed by atoms with Crippen LogP contribution < -0.4 is 0 Å². The van der Waals surface area contributed by atoms with Crippen molar-refractivity contribution in [3.05, 3.63) is 102 Å². The first-order chi connectivity index (χ1) is 12.3. The van der Waals surface area contributed by atoms with Crippen LogP contribution in [0.1, 0.15) is 35.1 Å². The molecule has 2 unspecified atom stereocenters. The Morgan fingerprint density at radius 3 is 2.28 bits per heavy atom. The molecule has 25 heavy (non-hydrogen) atoms. The Morgan fingerprint density at radius 2 is 1.60 bits per heavy atom. The summed E-state index contributed by atoms with van der Waals surface area (Å²) in [5.74, 6) is 0.271. The third-order valence-electron chi connectivity index (χ3n) is 4.73. The molecule has 1 aromatic heterocycles. The zero-order chi connectivity index (χ0) is 17.1. The zero-order valence-electron chi connectivity index (χ0n) is 13.7. The Balaban J connectivity index is 1.88. The summed E-state index contributed by atoms with van der Waals surface area (Å²) in [6.45, 7) is 0. The Morgan fingerprint density at radius 1 is 0.880 bits per heavy atom. The largest absolute Gasteiger partial charge is 0.295 e. The third-order valence-corrected chi connectivity index (χ3v) is 4.73. The molecule has 0 aliphatic heterocycles. The normalized spacial score (nSPS) is 20.2. The minimum absolute atomic E-state index is 0.0329. The van der Waals surface area contributed by atoms with E-state index in [9.17, 15) is 4.79 Å². The summed E-state index contributed by atoms with van der Waals surface area (Å²) >= 11 is 0. The van der Waals surface area contributed by atoms with E-state index in [1.54, 1.807) is 18.6 Å².